The van der Waals surface area contributed by atoms with Gasteiger partial charge in [-0.05, 0) is 27.2 Å². The third kappa shape index (κ3) is 7.67. The minimum absolute atomic E-state index is 0.0725. The predicted molar refractivity (Wildman–Crippen MR) is 61.5 cm³/mol. The normalized spacial score (nSPS) is 11.8. The minimum atomic E-state index is -0.0725. The molecule has 0 spiro atoms. The Morgan fingerprint density at radius 1 is 1.27 bits per heavy atom. The molecule has 3 heteroatoms. The van der Waals surface area contributed by atoms with Gasteiger partial charge in [-0.2, -0.15) is 0 Å². The number of carbonyl (C=O) groups is 2. The summed E-state index contributed by atoms with van der Waals surface area (Å²) in [5.41, 5.74) is 0.677. The molecule has 0 saturated carbocycles. The van der Waals surface area contributed by atoms with Gasteiger partial charge < -0.3 is 10.1 Å². The van der Waals surface area contributed by atoms with Gasteiger partial charge in [0.05, 0.1) is 0 Å². The zero-order valence-corrected chi connectivity index (χ0v) is 9.67. The van der Waals surface area contributed by atoms with Crippen molar-refractivity contribution in [3.63, 3.8) is 0 Å². The Hall–Kier alpha value is -1.38. The lowest BCUT2D eigenvalue weighted by Gasteiger charge is -2.03. The molecule has 0 aliphatic heterocycles. The Kier molecular flexibility index (Phi) is 7.24. The molecule has 3 nitrogen and oxygen atoms in total. The summed E-state index contributed by atoms with van der Waals surface area (Å²) >= 11 is 0. The van der Waals surface area contributed by atoms with Crippen molar-refractivity contribution < 1.29 is 9.59 Å². The summed E-state index contributed by atoms with van der Waals surface area (Å²) in [4.78, 5) is 22.0. The number of amides is 1. The van der Waals surface area contributed by atoms with E-state index in [-0.39, 0.29) is 11.7 Å². The number of Topliss-reactive ketones (excluding diaryl/α,β-unsaturated/α-hetero) is 1. The number of ketones is 1. The van der Waals surface area contributed by atoms with Crippen LogP contribution in [0.1, 0.15) is 33.6 Å². The van der Waals surface area contributed by atoms with Crippen molar-refractivity contribution in [2.75, 3.05) is 6.54 Å². The summed E-state index contributed by atoms with van der Waals surface area (Å²) in [7, 11) is 0. The predicted octanol–water partition coefficient (Wildman–Crippen LogP) is 1.99. The standard InChI is InChI=1S/C12H19NO2/c1-4-5-7-10(2)12(15)13-9-6-8-11(3)14/h4-5,7H,6,8-9H2,1-3H3,(H,13,15). The molecular formula is C12H19NO2. The molecule has 0 aromatic heterocycles. The third-order valence-electron chi connectivity index (χ3n) is 1.89. The van der Waals surface area contributed by atoms with Gasteiger partial charge in [-0.3, -0.25) is 4.79 Å². The van der Waals surface area contributed by atoms with Gasteiger partial charge in [0.15, 0.2) is 0 Å². The van der Waals surface area contributed by atoms with Crippen LogP contribution in [-0.4, -0.2) is 18.2 Å². The molecule has 0 radical (unpaired) electrons. The average Bonchev–Trinajstić information content (AvgIpc) is 2.20. The van der Waals surface area contributed by atoms with Crippen molar-refractivity contribution in [1.82, 2.24) is 5.32 Å². The van der Waals surface area contributed by atoms with Crippen molar-refractivity contribution in [1.29, 1.82) is 0 Å². The first kappa shape index (κ1) is 13.6. The summed E-state index contributed by atoms with van der Waals surface area (Å²) in [6.45, 7) is 5.77. The molecule has 0 fully saturated rings. The molecule has 0 aromatic carbocycles. The largest absolute Gasteiger partial charge is 0.352 e. The topological polar surface area (TPSA) is 46.2 Å². The summed E-state index contributed by atoms with van der Waals surface area (Å²) in [6.07, 6.45) is 6.69. The maximum Gasteiger partial charge on any atom is 0.246 e. The lowest BCUT2D eigenvalue weighted by molar-refractivity contribution is -0.119. The highest BCUT2D eigenvalue weighted by molar-refractivity contribution is 5.93. The summed E-state index contributed by atoms with van der Waals surface area (Å²) in [5, 5.41) is 2.75. The first-order chi connectivity index (χ1) is 7.07. The van der Waals surface area contributed by atoms with E-state index in [0.717, 1.165) is 0 Å². The first-order valence-electron chi connectivity index (χ1n) is 5.15. The van der Waals surface area contributed by atoms with Gasteiger partial charge in [0.2, 0.25) is 5.91 Å². The highest BCUT2D eigenvalue weighted by atomic mass is 16.1. The average molecular weight is 209 g/mol. The van der Waals surface area contributed by atoms with Crippen LogP contribution in [0.25, 0.3) is 0 Å². The fourth-order valence-corrected chi connectivity index (χ4v) is 0.995. The van der Waals surface area contributed by atoms with E-state index < -0.39 is 0 Å². The fraction of sp³-hybridized carbons (Fsp3) is 0.500. The first-order valence-corrected chi connectivity index (χ1v) is 5.15. The highest BCUT2D eigenvalue weighted by Crippen LogP contribution is 1.94. The lowest BCUT2D eigenvalue weighted by Crippen LogP contribution is -2.25. The van der Waals surface area contributed by atoms with E-state index >= 15 is 0 Å². The molecule has 0 unspecified atom stereocenters. The molecule has 1 N–H and O–H groups in total. The molecule has 0 aromatic rings. The van der Waals surface area contributed by atoms with E-state index in [1.165, 1.54) is 0 Å². The minimum Gasteiger partial charge on any atom is -0.352 e. The van der Waals surface area contributed by atoms with Crippen molar-refractivity contribution in [3.05, 3.63) is 23.8 Å². The number of nitrogens with one attached hydrogen (secondary N) is 1. The van der Waals surface area contributed by atoms with E-state index in [0.29, 0.717) is 25.0 Å². The monoisotopic (exact) mass is 209 g/mol. The smallest absolute Gasteiger partial charge is 0.246 e. The van der Waals surface area contributed by atoms with Gasteiger partial charge >= 0.3 is 0 Å². The third-order valence-corrected chi connectivity index (χ3v) is 1.89. The molecule has 0 bridgehead atoms. The van der Waals surface area contributed by atoms with Gasteiger partial charge in [-0.25, -0.2) is 0 Å². The van der Waals surface area contributed by atoms with Crippen LogP contribution in [0.3, 0.4) is 0 Å². The number of rotatable bonds is 6. The van der Waals surface area contributed by atoms with Crippen LogP contribution in [0.5, 0.6) is 0 Å². The van der Waals surface area contributed by atoms with Crippen molar-refractivity contribution in [2.24, 2.45) is 0 Å². The molecule has 0 aliphatic rings. The van der Waals surface area contributed by atoms with Crippen LogP contribution in [0.15, 0.2) is 23.8 Å². The zero-order valence-electron chi connectivity index (χ0n) is 9.67. The Bertz CT molecular complexity index is 277. The van der Waals surface area contributed by atoms with E-state index in [1.807, 2.05) is 19.1 Å². The van der Waals surface area contributed by atoms with Crippen LogP contribution in [0.4, 0.5) is 0 Å². The fourth-order valence-electron chi connectivity index (χ4n) is 0.995. The maximum absolute atomic E-state index is 11.4. The van der Waals surface area contributed by atoms with Gasteiger partial charge in [0.1, 0.15) is 5.78 Å². The second kappa shape index (κ2) is 7.97. The highest BCUT2D eigenvalue weighted by Gasteiger charge is 2.01. The number of carbonyl (C=O) groups excluding carboxylic acids is 2. The van der Waals surface area contributed by atoms with Crippen molar-refractivity contribution in [3.8, 4) is 0 Å². The molecule has 84 valence electrons. The van der Waals surface area contributed by atoms with E-state index in [4.69, 9.17) is 0 Å². The number of hydrogen-bond acceptors (Lipinski definition) is 2. The summed E-state index contributed by atoms with van der Waals surface area (Å²) in [6, 6.07) is 0. The molecule has 1 amide bonds. The second-order valence-electron chi connectivity index (χ2n) is 3.44. The van der Waals surface area contributed by atoms with E-state index in [2.05, 4.69) is 5.32 Å². The Labute approximate surface area is 91.2 Å². The van der Waals surface area contributed by atoms with Crippen LogP contribution in [0.2, 0.25) is 0 Å². The Morgan fingerprint density at radius 2 is 1.93 bits per heavy atom. The molecule has 0 aliphatic carbocycles. The molecule has 0 rings (SSSR count). The van der Waals surface area contributed by atoms with E-state index in [9.17, 15) is 9.59 Å². The molecule has 0 heterocycles. The van der Waals surface area contributed by atoms with Crippen LogP contribution in [-0.2, 0) is 9.59 Å². The molecule has 15 heavy (non-hydrogen) atoms. The van der Waals surface area contributed by atoms with Gasteiger partial charge in [-0.15, -0.1) is 0 Å². The molecule has 0 atom stereocenters. The van der Waals surface area contributed by atoms with Gasteiger partial charge in [0, 0.05) is 18.5 Å². The Balaban J connectivity index is 3.79. The van der Waals surface area contributed by atoms with E-state index in [1.54, 1.807) is 19.9 Å². The van der Waals surface area contributed by atoms with Crippen LogP contribution < -0.4 is 5.32 Å². The Morgan fingerprint density at radius 3 is 2.47 bits per heavy atom. The molecule has 0 saturated heterocycles. The SMILES string of the molecule is CC=CC=C(C)C(=O)NCCCC(C)=O. The lowest BCUT2D eigenvalue weighted by atomic mass is 10.2. The molecular weight excluding hydrogens is 190 g/mol. The second-order valence-corrected chi connectivity index (χ2v) is 3.44. The summed E-state index contributed by atoms with van der Waals surface area (Å²) in [5.74, 6) is 0.0853. The van der Waals surface area contributed by atoms with Crippen molar-refractivity contribution >= 4 is 11.7 Å². The maximum atomic E-state index is 11.4. The van der Waals surface area contributed by atoms with Crippen LogP contribution >= 0.6 is 0 Å². The quantitative estimate of drug-likeness (QED) is 0.413. The zero-order chi connectivity index (χ0) is 11.7. The number of hydrogen-bond donors (Lipinski definition) is 1. The van der Waals surface area contributed by atoms with Crippen LogP contribution in [0, 0.1) is 0 Å². The van der Waals surface area contributed by atoms with Gasteiger partial charge in [-0.1, -0.05) is 18.2 Å². The summed E-state index contributed by atoms with van der Waals surface area (Å²) < 4.78 is 0. The number of allylic oxidation sites excluding steroid dienone is 3. The van der Waals surface area contributed by atoms with Crippen molar-refractivity contribution in [2.45, 2.75) is 33.6 Å². The van der Waals surface area contributed by atoms with Gasteiger partial charge in [0.25, 0.3) is 0 Å².